The maximum absolute atomic E-state index is 12.8. The summed E-state index contributed by atoms with van der Waals surface area (Å²) in [5.74, 6) is -1.49. The Morgan fingerprint density at radius 2 is 1.86 bits per heavy atom. The smallest absolute Gasteiger partial charge is 0.255 e. The van der Waals surface area contributed by atoms with E-state index in [4.69, 9.17) is 5.73 Å². The molecule has 2 aliphatic heterocycles. The summed E-state index contributed by atoms with van der Waals surface area (Å²) < 4.78 is 0. The van der Waals surface area contributed by atoms with Crippen molar-refractivity contribution in [3.05, 3.63) is 65.2 Å². The highest BCUT2D eigenvalue weighted by molar-refractivity contribution is 6.07. The first-order valence-electron chi connectivity index (χ1n) is 9.33. The fourth-order valence-corrected chi connectivity index (χ4v) is 3.72. The Morgan fingerprint density at radius 3 is 2.59 bits per heavy atom. The molecule has 2 atom stereocenters. The van der Waals surface area contributed by atoms with E-state index >= 15 is 0 Å². The number of benzene rings is 2. The molecule has 4 rings (SSSR count). The SMILES string of the molecule is NC(C(=O)Nc1cccc2c1CN(C1CCC(=O)NC1=O)C2=O)c1ccccc1. The predicted molar refractivity (Wildman–Crippen MR) is 104 cm³/mol. The van der Waals surface area contributed by atoms with Gasteiger partial charge in [-0.1, -0.05) is 36.4 Å². The fraction of sp³-hybridized carbons (Fsp3) is 0.238. The average Bonchev–Trinajstić information content (AvgIpc) is 3.05. The molecule has 4 amide bonds. The van der Waals surface area contributed by atoms with E-state index in [9.17, 15) is 19.2 Å². The predicted octanol–water partition coefficient (Wildman–Crippen LogP) is 1.09. The Bertz CT molecular complexity index is 1000. The molecular weight excluding hydrogens is 372 g/mol. The van der Waals surface area contributed by atoms with Crippen molar-refractivity contribution in [2.45, 2.75) is 31.5 Å². The van der Waals surface area contributed by atoms with Gasteiger partial charge in [-0.3, -0.25) is 24.5 Å². The standard InChI is InChI=1S/C21H20N4O4/c22-18(12-5-2-1-3-6-12)20(28)23-15-8-4-7-13-14(15)11-25(21(13)29)16-9-10-17(26)24-19(16)27/h1-8,16,18H,9-11,22H2,(H,23,28)(H,24,26,27). The lowest BCUT2D eigenvalue weighted by molar-refractivity contribution is -0.137. The molecule has 1 saturated heterocycles. The monoisotopic (exact) mass is 392 g/mol. The molecule has 2 heterocycles. The number of amides is 4. The molecule has 2 unspecified atom stereocenters. The summed E-state index contributed by atoms with van der Waals surface area (Å²) in [6.07, 6.45) is 0.469. The van der Waals surface area contributed by atoms with E-state index in [1.54, 1.807) is 42.5 Å². The van der Waals surface area contributed by atoms with E-state index in [1.807, 2.05) is 6.07 Å². The Labute approximate surface area is 167 Å². The Kier molecular flexibility index (Phi) is 4.85. The number of carbonyl (C=O) groups excluding carboxylic acids is 4. The van der Waals surface area contributed by atoms with Crippen LogP contribution in [-0.2, 0) is 20.9 Å². The van der Waals surface area contributed by atoms with Gasteiger partial charge < -0.3 is 16.0 Å². The van der Waals surface area contributed by atoms with Gasteiger partial charge in [-0.2, -0.15) is 0 Å². The summed E-state index contributed by atoms with van der Waals surface area (Å²) in [5, 5.41) is 5.08. The van der Waals surface area contributed by atoms with Crippen molar-refractivity contribution in [1.29, 1.82) is 0 Å². The molecule has 0 aliphatic carbocycles. The van der Waals surface area contributed by atoms with Crippen LogP contribution < -0.4 is 16.4 Å². The van der Waals surface area contributed by atoms with Gasteiger partial charge in [-0.25, -0.2) is 0 Å². The van der Waals surface area contributed by atoms with E-state index < -0.39 is 23.9 Å². The van der Waals surface area contributed by atoms with Gasteiger partial charge in [-0.05, 0) is 24.1 Å². The number of nitrogens with two attached hydrogens (primary N) is 1. The minimum absolute atomic E-state index is 0.178. The molecular formula is C21H20N4O4. The highest BCUT2D eigenvalue weighted by Gasteiger charge is 2.40. The number of nitrogens with one attached hydrogen (secondary N) is 2. The summed E-state index contributed by atoms with van der Waals surface area (Å²) >= 11 is 0. The van der Waals surface area contributed by atoms with E-state index in [0.29, 0.717) is 22.4 Å². The molecule has 1 fully saturated rings. The Balaban J connectivity index is 1.55. The first-order valence-corrected chi connectivity index (χ1v) is 9.33. The quantitative estimate of drug-likeness (QED) is 0.673. The number of nitrogens with zero attached hydrogens (tertiary/aromatic N) is 1. The van der Waals surface area contributed by atoms with Crippen molar-refractivity contribution in [2.24, 2.45) is 5.73 Å². The molecule has 0 bridgehead atoms. The van der Waals surface area contributed by atoms with Crippen LogP contribution in [0.5, 0.6) is 0 Å². The molecule has 0 aromatic heterocycles. The summed E-state index contributed by atoms with van der Waals surface area (Å²) in [6, 6.07) is 12.5. The third kappa shape index (κ3) is 3.50. The van der Waals surface area contributed by atoms with Crippen molar-refractivity contribution in [3.63, 3.8) is 0 Å². The van der Waals surface area contributed by atoms with Gasteiger partial charge in [0.2, 0.25) is 17.7 Å². The zero-order chi connectivity index (χ0) is 20.5. The summed E-state index contributed by atoms with van der Waals surface area (Å²) in [5.41, 5.74) is 8.29. The molecule has 8 heteroatoms. The number of carbonyl (C=O) groups is 4. The van der Waals surface area contributed by atoms with Gasteiger partial charge in [0.05, 0.1) is 0 Å². The third-order valence-electron chi connectivity index (χ3n) is 5.28. The summed E-state index contributed by atoms with van der Waals surface area (Å²) in [4.78, 5) is 50.5. The maximum atomic E-state index is 12.8. The first kappa shape index (κ1) is 18.8. The van der Waals surface area contributed by atoms with Crippen LogP contribution in [0.1, 0.15) is 40.4 Å². The van der Waals surface area contributed by atoms with Gasteiger partial charge in [0.15, 0.2) is 0 Å². The second-order valence-electron chi connectivity index (χ2n) is 7.11. The van der Waals surface area contributed by atoms with Crippen molar-refractivity contribution >= 4 is 29.3 Å². The normalized spacial score (nSPS) is 19.6. The van der Waals surface area contributed by atoms with Crippen LogP contribution >= 0.6 is 0 Å². The molecule has 0 radical (unpaired) electrons. The Morgan fingerprint density at radius 1 is 1.10 bits per heavy atom. The van der Waals surface area contributed by atoms with Crippen LogP contribution in [0.25, 0.3) is 0 Å². The molecule has 2 aromatic rings. The third-order valence-corrected chi connectivity index (χ3v) is 5.28. The molecule has 2 aliphatic rings. The molecule has 0 saturated carbocycles. The topological polar surface area (TPSA) is 122 Å². The van der Waals surface area contributed by atoms with Crippen LogP contribution in [0.15, 0.2) is 48.5 Å². The minimum Gasteiger partial charge on any atom is -0.324 e. The van der Waals surface area contributed by atoms with Crippen LogP contribution in [0.3, 0.4) is 0 Å². The van der Waals surface area contributed by atoms with E-state index in [1.165, 1.54) is 4.90 Å². The maximum Gasteiger partial charge on any atom is 0.255 e. The second kappa shape index (κ2) is 7.48. The molecule has 4 N–H and O–H groups in total. The van der Waals surface area contributed by atoms with Crippen molar-refractivity contribution in [1.82, 2.24) is 10.2 Å². The van der Waals surface area contributed by atoms with Crippen molar-refractivity contribution < 1.29 is 19.2 Å². The van der Waals surface area contributed by atoms with E-state index in [-0.39, 0.29) is 31.2 Å². The molecule has 148 valence electrons. The Hall–Kier alpha value is -3.52. The van der Waals surface area contributed by atoms with Crippen molar-refractivity contribution in [2.75, 3.05) is 5.32 Å². The molecule has 29 heavy (non-hydrogen) atoms. The van der Waals surface area contributed by atoms with Crippen molar-refractivity contribution in [3.8, 4) is 0 Å². The van der Waals surface area contributed by atoms with Gasteiger partial charge in [0.25, 0.3) is 5.91 Å². The van der Waals surface area contributed by atoms with Gasteiger partial charge in [-0.15, -0.1) is 0 Å². The molecule has 2 aromatic carbocycles. The number of hydrogen-bond acceptors (Lipinski definition) is 5. The molecule has 0 spiro atoms. The van der Waals surface area contributed by atoms with E-state index in [2.05, 4.69) is 10.6 Å². The highest BCUT2D eigenvalue weighted by atomic mass is 16.2. The van der Waals surface area contributed by atoms with Gasteiger partial charge in [0.1, 0.15) is 12.1 Å². The highest BCUT2D eigenvalue weighted by Crippen LogP contribution is 2.32. The number of fused-ring (bicyclic) bond motifs is 1. The molecule has 8 nitrogen and oxygen atoms in total. The number of rotatable bonds is 4. The average molecular weight is 392 g/mol. The van der Waals surface area contributed by atoms with E-state index in [0.717, 1.165) is 0 Å². The number of piperidine rings is 1. The second-order valence-corrected chi connectivity index (χ2v) is 7.11. The lowest BCUT2D eigenvalue weighted by Crippen LogP contribution is -2.52. The lowest BCUT2D eigenvalue weighted by Gasteiger charge is -2.29. The summed E-state index contributed by atoms with van der Waals surface area (Å²) in [6.45, 7) is 0.178. The zero-order valence-corrected chi connectivity index (χ0v) is 15.6. The number of imide groups is 1. The van der Waals surface area contributed by atoms with Gasteiger partial charge in [0, 0.05) is 29.8 Å². The largest absolute Gasteiger partial charge is 0.324 e. The first-order chi connectivity index (χ1) is 14.0. The number of hydrogen-bond donors (Lipinski definition) is 3. The lowest BCUT2D eigenvalue weighted by atomic mass is 10.0. The van der Waals surface area contributed by atoms with Crippen LogP contribution in [0, 0.1) is 0 Å². The minimum atomic E-state index is -0.851. The summed E-state index contributed by atoms with van der Waals surface area (Å²) in [7, 11) is 0. The number of anilines is 1. The van der Waals surface area contributed by atoms with Crippen LogP contribution in [0.4, 0.5) is 5.69 Å². The van der Waals surface area contributed by atoms with Crippen LogP contribution in [-0.4, -0.2) is 34.6 Å². The van der Waals surface area contributed by atoms with Crippen LogP contribution in [0.2, 0.25) is 0 Å². The fourth-order valence-electron chi connectivity index (χ4n) is 3.72. The van der Waals surface area contributed by atoms with Gasteiger partial charge >= 0.3 is 0 Å². The zero-order valence-electron chi connectivity index (χ0n) is 15.6.